The maximum absolute atomic E-state index is 7.38. The van der Waals surface area contributed by atoms with Crippen LogP contribution < -0.4 is 5.73 Å². The van der Waals surface area contributed by atoms with E-state index < -0.39 is 0 Å². The number of nitrogen functional groups attached to an aromatic ring is 1. The number of aromatic amines is 1. The highest BCUT2D eigenvalue weighted by Gasteiger charge is 1.99. The molecule has 3 heteroatoms. The lowest BCUT2D eigenvalue weighted by molar-refractivity contribution is 1.07. The van der Waals surface area contributed by atoms with Crippen molar-refractivity contribution in [3.8, 4) is 0 Å². The van der Waals surface area contributed by atoms with Gasteiger partial charge in [0, 0.05) is 16.8 Å². The van der Waals surface area contributed by atoms with Gasteiger partial charge in [0.1, 0.15) is 0 Å². The molecule has 0 unspecified atom stereocenters. The number of anilines is 1. The number of hydrogen-bond donors (Lipinski definition) is 2. The van der Waals surface area contributed by atoms with Crippen LogP contribution in [0, 0.1) is 6.92 Å². The zero-order valence-corrected chi connectivity index (χ0v) is 6.20. The first kappa shape index (κ1) is 5.18. The molecule has 3 N–H and O–H groups in total. The molecule has 2 rings (SSSR count). The SMILES string of the molecule is [2H]n1nc2cc(N)ccc2c1C. The molecule has 0 saturated heterocycles. The van der Waals surface area contributed by atoms with Crippen LogP contribution in [0.3, 0.4) is 0 Å². The number of aromatic nitrogens is 2. The van der Waals surface area contributed by atoms with Crippen LogP contribution in [-0.4, -0.2) is 10.2 Å². The summed E-state index contributed by atoms with van der Waals surface area (Å²) >= 11 is 0. The predicted octanol–water partition coefficient (Wildman–Crippen LogP) is 1.45. The normalized spacial score (nSPS) is 11.9. The molecule has 11 heavy (non-hydrogen) atoms. The summed E-state index contributed by atoms with van der Waals surface area (Å²) in [7, 11) is 0. The number of aryl methyl sites for hydroxylation is 1. The monoisotopic (exact) mass is 148 g/mol. The minimum atomic E-state index is 0.681. The van der Waals surface area contributed by atoms with E-state index in [1.165, 1.54) is 0 Å². The van der Waals surface area contributed by atoms with Crippen molar-refractivity contribution in [3.05, 3.63) is 23.9 Å². The summed E-state index contributed by atoms with van der Waals surface area (Å²) in [4.78, 5) is 0. The Morgan fingerprint density at radius 2 is 2.45 bits per heavy atom. The van der Waals surface area contributed by atoms with Crippen LogP contribution in [0.1, 0.15) is 5.69 Å². The highest BCUT2D eigenvalue weighted by molar-refractivity contribution is 5.83. The van der Waals surface area contributed by atoms with E-state index in [0.717, 1.165) is 21.7 Å². The summed E-state index contributed by atoms with van der Waals surface area (Å²) in [6, 6.07) is 5.47. The summed E-state index contributed by atoms with van der Waals surface area (Å²) in [5, 5.41) is 6.08. The molecule has 0 radical (unpaired) electrons. The first-order valence-corrected chi connectivity index (χ1v) is 3.42. The van der Waals surface area contributed by atoms with E-state index >= 15 is 0 Å². The van der Waals surface area contributed by atoms with Gasteiger partial charge >= 0.3 is 0 Å². The van der Waals surface area contributed by atoms with Crippen molar-refractivity contribution >= 4 is 16.6 Å². The average molecular weight is 148 g/mol. The Labute approximate surface area is 65.7 Å². The second kappa shape index (κ2) is 1.99. The van der Waals surface area contributed by atoms with Gasteiger partial charge in [-0.25, -0.2) is 0 Å². The lowest BCUT2D eigenvalue weighted by Crippen LogP contribution is -1.82. The van der Waals surface area contributed by atoms with Crippen LogP contribution in [0.4, 0.5) is 5.69 Å². The van der Waals surface area contributed by atoms with Crippen LogP contribution in [0.25, 0.3) is 10.9 Å². The smallest absolute Gasteiger partial charge is 0.190 e. The molecule has 0 amide bonds. The molecule has 0 saturated carbocycles. The molecule has 1 heterocycles. The third-order valence-corrected chi connectivity index (χ3v) is 1.72. The summed E-state index contributed by atoms with van der Waals surface area (Å²) in [5.41, 5.74) is 7.87. The Morgan fingerprint density at radius 3 is 3.27 bits per heavy atom. The Balaban J connectivity index is 2.87. The zero-order valence-electron chi connectivity index (χ0n) is 7.20. The van der Waals surface area contributed by atoms with Crippen molar-refractivity contribution in [1.82, 2.24) is 10.2 Å². The topological polar surface area (TPSA) is 54.7 Å². The van der Waals surface area contributed by atoms with Crippen LogP contribution >= 0.6 is 0 Å². The Morgan fingerprint density at radius 1 is 1.64 bits per heavy atom. The summed E-state index contributed by atoms with van der Waals surface area (Å²) < 4.78 is 7.38. The molecule has 0 bridgehead atoms. The molecule has 1 aromatic heterocycles. The molecule has 0 aliphatic heterocycles. The first-order valence-electron chi connectivity index (χ1n) is 3.87. The molecular weight excluding hydrogens is 138 g/mol. The van der Waals surface area contributed by atoms with Gasteiger partial charge in [-0.1, -0.05) is 0 Å². The van der Waals surface area contributed by atoms with E-state index in [0.29, 0.717) is 5.69 Å². The van der Waals surface area contributed by atoms with E-state index in [4.69, 9.17) is 7.15 Å². The maximum atomic E-state index is 7.38. The van der Waals surface area contributed by atoms with E-state index in [-0.39, 0.29) is 0 Å². The lowest BCUT2D eigenvalue weighted by Gasteiger charge is -1.90. The van der Waals surface area contributed by atoms with Crippen molar-refractivity contribution in [2.75, 3.05) is 5.73 Å². The van der Waals surface area contributed by atoms with Gasteiger partial charge in [0.2, 0.25) is 0 Å². The average Bonchev–Trinajstić information content (AvgIpc) is 2.28. The molecule has 1 aromatic carbocycles. The summed E-state index contributed by atoms with van der Waals surface area (Å²) in [5.74, 6) is 0. The van der Waals surface area contributed by atoms with Gasteiger partial charge in [-0.2, -0.15) is 5.10 Å². The molecule has 0 spiro atoms. The molecule has 2 aromatic rings. The van der Waals surface area contributed by atoms with Gasteiger partial charge in [-0.15, -0.1) is 0 Å². The van der Waals surface area contributed by atoms with Gasteiger partial charge in [0.05, 0.1) is 5.52 Å². The molecule has 3 nitrogen and oxygen atoms in total. The van der Waals surface area contributed by atoms with Crippen molar-refractivity contribution in [1.29, 1.82) is 0 Å². The minimum Gasteiger partial charge on any atom is -0.399 e. The fourth-order valence-electron chi connectivity index (χ4n) is 1.12. The maximum Gasteiger partial charge on any atom is 0.190 e. The number of rotatable bonds is 0. The van der Waals surface area contributed by atoms with Gasteiger partial charge in [-0.3, -0.25) is 5.09 Å². The predicted molar refractivity (Wildman–Crippen MR) is 45.2 cm³/mol. The van der Waals surface area contributed by atoms with Crippen LogP contribution in [0.5, 0.6) is 0 Å². The van der Waals surface area contributed by atoms with Gasteiger partial charge < -0.3 is 5.73 Å². The number of fused-ring (bicyclic) bond motifs is 1. The second-order valence-electron chi connectivity index (χ2n) is 2.56. The van der Waals surface area contributed by atoms with E-state index in [2.05, 4.69) is 5.10 Å². The number of nitrogens with zero attached hydrogens (tertiary/aromatic N) is 1. The Bertz CT molecular complexity index is 433. The largest absolute Gasteiger partial charge is 0.399 e. The third-order valence-electron chi connectivity index (χ3n) is 1.72. The van der Waals surface area contributed by atoms with Crippen LogP contribution in [0.2, 0.25) is 1.41 Å². The van der Waals surface area contributed by atoms with Crippen molar-refractivity contribution in [2.45, 2.75) is 6.92 Å². The number of H-pyrrole nitrogens is 1. The molecule has 0 atom stereocenters. The number of hydrogen-bond acceptors (Lipinski definition) is 2. The third kappa shape index (κ3) is 0.852. The summed E-state index contributed by atoms with van der Waals surface area (Å²) in [6.45, 7) is 1.86. The number of benzene rings is 1. The number of nitrogens with one attached hydrogen (secondary N) is 1. The van der Waals surface area contributed by atoms with Gasteiger partial charge in [0.15, 0.2) is 1.41 Å². The van der Waals surface area contributed by atoms with Gasteiger partial charge in [0.25, 0.3) is 0 Å². The van der Waals surface area contributed by atoms with Crippen molar-refractivity contribution in [2.24, 2.45) is 0 Å². The molecule has 0 fully saturated rings. The summed E-state index contributed by atoms with van der Waals surface area (Å²) in [6.07, 6.45) is 0. The Hall–Kier alpha value is -1.51. The second-order valence-corrected chi connectivity index (χ2v) is 2.56. The van der Waals surface area contributed by atoms with E-state index in [1.807, 2.05) is 19.1 Å². The molecule has 0 aliphatic carbocycles. The molecular formula is C8H9N3. The first-order chi connectivity index (χ1) is 5.68. The van der Waals surface area contributed by atoms with Crippen LogP contribution in [-0.2, 0) is 0 Å². The van der Waals surface area contributed by atoms with Gasteiger partial charge in [-0.05, 0) is 25.1 Å². The fourth-order valence-corrected chi connectivity index (χ4v) is 1.12. The standard InChI is InChI=1S/C8H9N3/c1-5-7-3-2-6(9)4-8(7)11-10-5/h2-4H,9H2,1H3,(H,10,11)/i/hD. The number of nitrogens with two attached hydrogens (primary N) is 1. The lowest BCUT2D eigenvalue weighted by atomic mass is 10.2. The van der Waals surface area contributed by atoms with Crippen molar-refractivity contribution in [3.63, 3.8) is 0 Å². The molecule has 0 aliphatic rings. The van der Waals surface area contributed by atoms with E-state index in [1.54, 1.807) is 6.07 Å². The Kier molecular flexibility index (Phi) is 0.935. The molecule has 56 valence electrons. The minimum absolute atomic E-state index is 0.681. The van der Waals surface area contributed by atoms with Crippen molar-refractivity contribution < 1.29 is 1.41 Å². The highest BCUT2D eigenvalue weighted by Crippen LogP contribution is 2.17. The quantitative estimate of drug-likeness (QED) is 0.555. The van der Waals surface area contributed by atoms with E-state index in [9.17, 15) is 0 Å². The fraction of sp³-hybridized carbons (Fsp3) is 0.125. The zero-order chi connectivity index (χ0) is 8.72. The highest BCUT2D eigenvalue weighted by atomic mass is 15.1. The van der Waals surface area contributed by atoms with Crippen LogP contribution in [0.15, 0.2) is 18.2 Å².